The Labute approximate surface area is 138 Å². The number of allylic oxidation sites excluding steroid dienone is 3. The van der Waals surface area contributed by atoms with E-state index < -0.39 is 0 Å². The fourth-order valence-corrected chi connectivity index (χ4v) is 3.40. The third kappa shape index (κ3) is 4.75. The highest BCUT2D eigenvalue weighted by molar-refractivity contribution is 7.97. The molecule has 0 saturated heterocycles. The average molecular weight is 311 g/mol. The minimum absolute atomic E-state index is 0.491. The van der Waals surface area contributed by atoms with Gasteiger partial charge in [0, 0.05) is 10.9 Å². The zero-order valence-corrected chi connectivity index (χ0v) is 14.5. The first kappa shape index (κ1) is 16.9. The van der Waals surface area contributed by atoms with E-state index in [1.54, 1.807) is 11.9 Å². The lowest BCUT2D eigenvalue weighted by molar-refractivity contribution is 0.604. The van der Waals surface area contributed by atoms with E-state index in [1.807, 2.05) is 0 Å². The van der Waals surface area contributed by atoms with Crippen molar-refractivity contribution in [1.82, 2.24) is 4.72 Å². The summed E-state index contributed by atoms with van der Waals surface area (Å²) in [6.07, 6.45) is 8.59. The highest BCUT2D eigenvalue weighted by Gasteiger charge is 2.08. The molecule has 2 heteroatoms. The van der Waals surface area contributed by atoms with Crippen LogP contribution in [0.15, 0.2) is 71.2 Å². The predicted molar refractivity (Wildman–Crippen MR) is 100 cm³/mol. The molecule has 116 valence electrons. The number of fused-ring (bicyclic) bond motifs is 1. The van der Waals surface area contributed by atoms with Gasteiger partial charge in [-0.05, 0) is 55.5 Å². The van der Waals surface area contributed by atoms with E-state index in [1.165, 1.54) is 21.2 Å². The van der Waals surface area contributed by atoms with E-state index >= 15 is 0 Å². The summed E-state index contributed by atoms with van der Waals surface area (Å²) in [5.74, 6) is 0. The van der Waals surface area contributed by atoms with E-state index in [0.29, 0.717) is 6.04 Å². The van der Waals surface area contributed by atoms with Crippen molar-refractivity contribution in [3.63, 3.8) is 0 Å². The van der Waals surface area contributed by atoms with Crippen LogP contribution in [0.5, 0.6) is 0 Å². The standard InChI is InChI=1S/C20H25NS/c1-4-6-10-16(3)15-18(5-2)21-22-20-14-9-12-17-11-7-8-13-19(17)20/h4,6-14,18,21H,5,15H2,1-3H3/b6-4-,16-10+. The maximum Gasteiger partial charge on any atom is 0.0306 e. The molecule has 0 bridgehead atoms. The number of nitrogens with one attached hydrogen (secondary N) is 1. The van der Waals surface area contributed by atoms with Crippen LogP contribution in [0.3, 0.4) is 0 Å². The minimum atomic E-state index is 0.491. The third-order valence-electron chi connectivity index (χ3n) is 3.72. The summed E-state index contributed by atoms with van der Waals surface area (Å²) in [4.78, 5) is 1.30. The molecule has 0 aliphatic heterocycles. The molecule has 0 amide bonds. The zero-order valence-electron chi connectivity index (χ0n) is 13.7. The van der Waals surface area contributed by atoms with Crippen molar-refractivity contribution < 1.29 is 0 Å². The van der Waals surface area contributed by atoms with Crippen molar-refractivity contribution in [2.24, 2.45) is 0 Å². The molecule has 22 heavy (non-hydrogen) atoms. The Morgan fingerprint density at radius 1 is 1.18 bits per heavy atom. The summed E-state index contributed by atoms with van der Waals surface area (Å²) in [7, 11) is 0. The highest BCUT2D eigenvalue weighted by atomic mass is 32.2. The van der Waals surface area contributed by atoms with Crippen LogP contribution in [-0.4, -0.2) is 6.04 Å². The molecule has 2 aromatic carbocycles. The Balaban J connectivity index is 2.03. The Morgan fingerprint density at radius 3 is 2.73 bits per heavy atom. The summed E-state index contributed by atoms with van der Waals surface area (Å²) < 4.78 is 3.64. The van der Waals surface area contributed by atoms with Crippen molar-refractivity contribution in [3.8, 4) is 0 Å². The van der Waals surface area contributed by atoms with Gasteiger partial charge in [0.25, 0.3) is 0 Å². The normalized spacial score (nSPS) is 13.9. The molecule has 0 aromatic heterocycles. The second-order valence-electron chi connectivity index (χ2n) is 5.55. The van der Waals surface area contributed by atoms with E-state index in [0.717, 1.165) is 12.8 Å². The van der Waals surface area contributed by atoms with Crippen LogP contribution in [0.1, 0.15) is 33.6 Å². The molecule has 2 rings (SSSR count). The average Bonchev–Trinajstić information content (AvgIpc) is 2.56. The Morgan fingerprint density at radius 2 is 1.95 bits per heavy atom. The molecule has 2 aromatic rings. The molecule has 1 N–H and O–H groups in total. The van der Waals surface area contributed by atoms with Gasteiger partial charge in [0.05, 0.1) is 0 Å². The molecule has 0 aliphatic carbocycles. The number of rotatable bonds is 7. The highest BCUT2D eigenvalue weighted by Crippen LogP contribution is 2.27. The van der Waals surface area contributed by atoms with Crippen molar-refractivity contribution in [1.29, 1.82) is 0 Å². The lowest BCUT2D eigenvalue weighted by Gasteiger charge is -2.17. The first-order chi connectivity index (χ1) is 10.7. The van der Waals surface area contributed by atoms with Crippen LogP contribution < -0.4 is 4.72 Å². The Hall–Kier alpha value is -1.51. The van der Waals surface area contributed by atoms with Crippen LogP contribution in [0, 0.1) is 0 Å². The van der Waals surface area contributed by atoms with Crippen molar-refractivity contribution >= 4 is 22.7 Å². The minimum Gasteiger partial charge on any atom is -0.256 e. The predicted octanol–water partition coefficient (Wildman–Crippen LogP) is 6.13. The van der Waals surface area contributed by atoms with Gasteiger partial charge in [0.15, 0.2) is 0 Å². The van der Waals surface area contributed by atoms with Crippen molar-refractivity contribution in [2.45, 2.75) is 44.6 Å². The maximum atomic E-state index is 3.64. The van der Waals surface area contributed by atoms with Gasteiger partial charge < -0.3 is 0 Å². The first-order valence-electron chi connectivity index (χ1n) is 7.93. The quantitative estimate of drug-likeness (QED) is 0.488. The van der Waals surface area contributed by atoms with Crippen molar-refractivity contribution in [2.75, 3.05) is 0 Å². The summed E-state index contributed by atoms with van der Waals surface area (Å²) >= 11 is 1.75. The van der Waals surface area contributed by atoms with Gasteiger partial charge in [0.1, 0.15) is 0 Å². The van der Waals surface area contributed by atoms with Crippen LogP contribution in [0.2, 0.25) is 0 Å². The largest absolute Gasteiger partial charge is 0.256 e. The molecule has 0 fully saturated rings. The SMILES string of the molecule is C/C=C\C=C(/C)CC(CC)NSc1cccc2ccccc12. The van der Waals surface area contributed by atoms with Crippen LogP contribution in [-0.2, 0) is 0 Å². The molecule has 1 atom stereocenters. The molecule has 0 aliphatic rings. The van der Waals surface area contributed by atoms with Gasteiger partial charge in [-0.2, -0.15) is 0 Å². The fourth-order valence-electron chi connectivity index (χ4n) is 2.42. The molecule has 0 radical (unpaired) electrons. The lowest BCUT2D eigenvalue weighted by Crippen LogP contribution is -2.22. The summed E-state index contributed by atoms with van der Waals surface area (Å²) in [5, 5.41) is 2.62. The molecule has 0 saturated carbocycles. The first-order valence-corrected chi connectivity index (χ1v) is 8.74. The number of hydrogen-bond donors (Lipinski definition) is 1. The summed E-state index contributed by atoms with van der Waals surface area (Å²) in [6.45, 7) is 6.49. The van der Waals surface area contributed by atoms with Gasteiger partial charge in [0.2, 0.25) is 0 Å². The van der Waals surface area contributed by atoms with E-state index in [-0.39, 0.29) is 0 Å². The second kappa shape index (κ2) is 8.82. The fraction of sp³-hybridized carbons (Fsp3) is 0.300. The van der Waals surface area contributed by atoms with Gasteiger partial charge in [-0.1, -0.05) is 67.1 Å². The molecular weight excluding hydrogens is 286 g/mol. The van der Waals surface area contributed by atoms with Crippen LogP contribution >= 0.6 is 11.9 Å². The zero-order chi connectivity index (χ0) is 15.8. The van der Waals surface area contributed by atoms with E-state index in [9.17, 15) is 0 Å². The Bertz CT molecular complexity index is 652. The maximum absolute atomic E-state index is 3.64. The topological polar surface area (TPSA) is 12.0 Å². The van der Waals surface area contributed by atoms with Gasteiger partial charge in [-0.15, -0.1) is 0 Å². The second-order valence-corrected chi connectivity index (χ2v) is 6.42. The molecule has 0 heterocycles. The summed E-state index contributed by atoms with van der Waals surface area (Å²) in [5.41, 5.74) is 1.41. The van der Waals surface area contributed by atoms with Crippen LogP contribution in [0.4, 0.5) is 0 Å². The number of benzene rings is 2. The number of hydrogen-bond acceptors (Lipinski definition) is 2. The van der Waals surface area contributed by atoms with Crippen LogP contribution in [0.25, 0.3) is 10.8 Å². The van der Waals surface area contributed by atoms with E-state index in [4.69, 9.17) is 0 Å². The lowest BCUT2D eigenvalue weighted by atomic mass is 10.1. The van der Waals surface area contributed by atoms with Gasteiger partial charge >= 0.3 is 0 Å². The molecule has 0 spiro atoms. The summed E-state index contributed by atoms with van der Waals surface area (Å²) in [6, 6.07) is 15.5. The van der Waals surface area contributed by atoms with Gasteiger partial charge in [-0.3, -0.25) is 4.72 Å². The third-order valence-corrected chi connectivity index (χ3v) is 4.75. The monoisotopic (exact) mass is 311 g/mol. The van der Waals surface area contributed by atoms with E-state index in [2.05, 4.69) is 86.2 Å². The Kier molecular flexibility index (Phi) is 6.75. The smallest absolute Gasteiger partial charge is 0.0306 e. The van der Waals surface area contributed by atoms with Crippen molar-refractivity contribution in [3.05, 3.63) is 66.3 Å². The molecule has 1 nitrogen and oxygen atoms in total. The molecular formula is C20H25NS. The van der Waals surface area contributed by atoms with Gasteiger partial charge in [-0.25, -0.2) is 0 Å². The molecule has 1 unspecified atom stereocenters.